The molecule has 0 atom stereocenters. The highest BCUT2D eigenvalue weighted by molar-refractivity contribution is 5.91. The maximum absolute atomic E-state index is 13.1. The Balaban J connectivity index is 1.58. The topological polar surface area (TPSA) is 48.1 Å². The van der Waals surface area contributed by atoms with Crippen LogP contribution in [0.15, 0.2) is 48.5 Å². The average Bonchev–Trinajstić information content (AvgIpc) is 2.99. The van der Waals surface area contributed by atoms with Gasteiger partial charge in [-0.15, -0.1) is 0 Å². The quantitative estimate of drug-likeness (QED) is 0.646. The molecule has 0 fully saturated rings. The Morgan fingerprint density at radius 3 is 2.62 bits per heavy atom. The van der Waals surface area contributed by atoms with E-state index in [1.165, 1.54) is 23.1 Å². The second-order valence-corrected chi connectivity index (χ2v) is 6.27. The van der Waals surface area contributed by atoms with Gasteiger partial charge >= 0.3 is 12.2 Å². The molecule has 0 bridgehead atoms. The number of nitrogens with zero attached hydrogens (tertiary/aromatic N) is 1. The number of aromatic nitrogens is 1. The lowest BCUT2D eigenvalue weighted by atomic mass is 10.0. The SMILES string of the molecule is O=C(Nc1ccccc1C(F)(F)F)N1CCc2[nH]c3ccccc3c2C1. The lowest BCUT2D eigenvalue weighted by molar-refractivity contribution is -0.136. The van der Waals surface area contributed by atoms with Crippen molar-refractivity contribution in [3.05, 3.63) is 65.4 Å². The lowest BCUT2D eigenvalue weighted by Crippen LogP contribution is -2.39. The van der Waals surface area contributed by atoms with E-state index in [-0.39, 0.29) is 5.69 Å². The Kier molecular flexibility index (Phi) is 3.86. The molecule has 3 aromatic rings. The summed E-state index contributed by atoms with van der Waals surface area (Å²) in [4.78, 5) is 17.4. The molecule has 0 spiro atoms. The number of rotatable bonds is 1. The van der Waals surface area contributed by atoms with Gasteiger partial charge in [0.1, 0.15) is 0 Å². The number of urea groups is 1. The van der Waals surface area contributed by atoms with Crippen LogP contribution in [0.1, 0.15) is 16.8 Å². The Hall–Kier alpha value is -2.96. The summed E-state index contributed by atoms with van der Waals surface area (Å²) in [6.45, 7) is 0.805. The van der Waals surface area contributed by atoms with Gasteiger partial charge in [-0.3, -0.25) is 0 Å². The zero-order valence-electron chi connectivity index (χ0n) is 13.7. The highest BCUT2D eigenvalue weighted by Gasteiger charge is 2.34. The van der Waals surface area contributed by atoms with Gasteiger partial charge in [-0.25, -0.2) is 4.79 Å². The van der Waals surface area contributed by atoms with Crippen molar-refractivity contribution in [2.75, 3.05) is 11.9 Å². The fraction of sp³-hybridized carbons (Fsp3) is 0.211. The van der Waals surface area contributed by atoms with E-state index < -0.39 is 17.8 Å². The lowest BCUT2D eigenvalue weighted by Gasteiger charge is -2.28. The fourth-order valence-electron chi connectivity index (χ4n) is 3.37. The molecular formula is C19H16F3N3O. The van der Waals surface area contributed by atoms with Gasteiger partial charge in [0.2, 0.25) is 0 Å². The smallest absolute Gasteiger partial charge is 0.358 e. The molecule has 7 heteroatoms. The van der Waals surface area contributed by atoms with Crippen LogP contribution in [0.2, 0.25) is 0 Å². The maximum atomic E-state index is 13.1. The first-order valence-electron chi connectivity index (χ1n) is 8.24. The van der Waals surface area contributed by atoms with Gasteiger partial charge in [-0.1, -0.05) is 30.3 Å². The molecule has 134 valence electrons. The zero-order valence-corrected chi connectivity index (χ0v) is 13.7. The second kappa shape index (κ2) is 6.09. The molecule has 2 heterocycles. The van der Waals surface area contributed by atoms with Crippen LogP contribution in [0, 0.1) is 0 Å². The first kappa shape index (κ1) is 16.5. The van der Waals surface area contributed by atoms with Crippen LogP contribution < -0.4 is 5.32 Å². The van der Waals surface area contributed by atoms with E-state index in [1.807, 2.05) is 24.3 Å². The van der Waals surface area contributed by atoms with Crippen LogP contribution in [0.5, 0.6) is 0 Å². The van der Waals surface area contributed by atoms with Gasteiger partial charge in [0, 0.05) is 41.7 Å². The predicted molar refractivity (Wildman–Crippen MR) is 92.9 cm³/mol. The summed E-state index contributed by atoms with van der Waals surface area (Å²) in [6, 6.07) is 12.3. The number of amides is 2. The van der Waals surface area contributed by atoms with Crippen molar-refractivity contribution in [3.8, 4) is 0 Å². The molecule has 4 nitrogen and oxygen atoms in total. The molecule has 0 aliphatic carbocycles. The standard InChI is InChI=1S/C19H16F3N3O/c20-19(21,22)14-6-2-4-8-17(14)24-18(26)25-10-9-16-13(11-25)12-5-1-3-7-15(12)23-16/h1-8,23H,9-11H2,(H,24,26). The van der Waals surface area contributed by atoms with E-state index in [0.29, 0.717) is 19.5 Å². The van der Waals surface area contributed by atoms with E-state index in [0.717, 1.165) is 28.2 Å². The average molecular weight is 359 g/mol. The van der Waals surface area contributed by atoms with Crippen molar-refractivity contribution >= 4 is 22.6 Å². The number of hydrogen-bond acceptors (Lipinski definition) is 1. The first-order valence-corrected chi connectivity index (χ1v) is 8.24. The van der Waals surface area contributed by atoms with Gasteiger partial charge in [0.25, 0.3) is 0 Å². The minimum absolute atomic E-state index is 0.227. The van der Waals surface area contributed by atoms with Crippen LogP contribution in [0.3, 0.4) is 0 Å². The Morgan fingerprint density at radius 2 is 1.81 bits per heavy atom. The molecule has 1 aliphatic heterocycles. The molecule has 0 radical (unpaired) electrons. The maximum Gasteiger partial charge on any atom is 0.418 e. The summed E-state index contributed by atoms with van der Waals surface area (Å²) in [6.07, 6.45) is -3.88. The van der Waals surface area contributed by atoms with Gasteiger partial charge in [-0.2, -0.15) is 13.2 Å². The number of para-hydroxylation sites is 2. The van der Waals surface area contributed by atoms with Crippen molar-refractivity contribution in [1.29, 1.82) is 0 Å². The zero-order chi connectivity index (χ0) is 18.3. The highest BCUT2D eigenvalue weighted by atomic mass is 19.4. The fourth-order valence-corrected chi connectivity index (χ4v) is 3.37. The number of nitrogens with one attached hydrogen (secondary N) is 2. The predicted octanol–water partition coefficient (Wildman–Crippen LogP) is 4.78. The summed E-state index contributed by atoms with van der Waals surface area (Å²) in [5, 5.41) is 3.45. The number of fused-ring (bicyclic) bond motifs is 3. The van der Waals surface area contributed by atoms with Crippen molar-refractivity contribution in [2.45, 2.75) is 19.1 Å². The van der Waals surface area contributed by atoms with Crippen LogP contribution in [-0.4, -0.2) is 22.5 Å². The number of carbonyl (C=O) groups is 1. The highest BCUT2D eigenvalue weighted by Crippen LogP contribution is 2.35. The van der Waals surface area contributed by atoms with Crippen LogP contribution in [0.4, 0.5) is 23.7 Å². The van der Waals surface area contributed by atoms with Crippen molar-refractivity contribution < 1.29 is 18.0 Å². The number of H-pyrrole nitrogens is 1. The first-order chi connectivity index (χ1) is 12.4. The minimum atomic E-state index is -4.52. The van der Waals surface area contributed by atoms with Gasteiger partial charge in [0.05, 0.1) is 11.3 Å². The molecular weight excluding hydrogens is 343 g/mol. The number of carbonyl (C=O) groups excluding carboxylic acids is 1. The third kappa shape index (κ3) is 2.89. The number of anilines is 1. The molecule has 26 heavy (non-hydrogen) atoms. The van der Waals surface area contributed by atoms with E-state index in [9.17, 15) is 18.0 Å². The molecule has 0 saturated carbocycles. The second-order valence-electron chi connectivity index (χ2n) is 6.27. The van der Waals surface area contributed by atoms with E-state index in [1.54, 1.807) is 0 Å². The summed E-state index contributed by atoms with van der Waals surface area (Å²) in [7, 11) is 0. The van der Waals surface area contributed by atoms with Crippen LogP contribution >= 0.6 is 0 Å². The normalized spacial score (nSPS) is 14.3. The van der Waals surface area contributed by atoms with Crippen LogP contribution in [0.25, 0.3) is 10.9 Å². The van der Waals surface area contributed by atoms with Crippen molar-refractivity contribution in [1.82, 2.24) is 9.88 Å². The molecule has 0 saturated heterocycles. The van der Waals surface area contributed by atoms with Gasteiger partial charge in [-0.05, 0) is 18.2 Å². The number of halogens is 3. The summed E-state index contributed by atoms with van der Waals surface area (Å²) >= 11 is 0. The molecule has 0 unspecified atom stereocenters. The number of aromatic amines is 1. The summed E-state index contributed by atoms with van der Waals surface area (Å²) in [5.74, 6) is 0. The number of benzene rings is 2. The molecule has 2 N–H and O–H groups in total. The minimum Gasteiger partial charge on any atom is -0.358 e. The molecule has 2 amide bonds. The monoisotopic (exact) mass is 359 g/mol. The number of alkyl halides is 3. The summed E-state index contributed by atoms with van der Waals surface area (Å²) < 4.78 is 39.3. The van der Waals surface area contributed by atoms with Crippen molar-refractivity contribution in [2.24, 2.45) is 0 Å². The molecule has 4 rings (SSSR count). The van der Waals surface area contributed by atoms with E-state index in [4.69, 9.17) is 0 Å². The van der Waals surface area contributed by atoms with Gasteiger partial charge in [0.15, 0.2) is 0 Å². The number of hydrogen-bond donors (Lipinski definition) is 2. The summed E-state index contributed by atoms with van der Waals surface area (Å²) in [5.41, 5.74) is 2.02. The molecule has 1 aliphatic rings. The third-order valence-electron chi connectivity index (χ3n) is 4.64. The van der Waals surface area contributed by atoms with E-state index >= 15 is 0 Å². The Bertz CT molecular complexity index is 978. The Labute approximate surface area is 147 Å². The largest absolute Gasteiger partial charge is 0.418 e. The van der Waals surface area contributed by atoms with Gasteiger partial charge < -0.3 is 15.2 Å². The van der Waals surface area contributed by atoms with E-state index in [2.05, 4.69) is 10.3 Å². The van der Waals surface area contributed by atoms with Crippen molar-refractivity contribution in [3.63, 3.8) is 0 Å². The van der Waals surface area contributed by atoms with Crippen LogP contribution in [-0.2, 0) is 19.1 Å². The third-order valence-corrected chi connectivity index (χ3v) is 4.64. The Morgan fingerprint density at radius 1 is 1.08 bits per heavy atom. The molecule has 2 aromatic carbocycles. The molecule has 1 aromatic heterocycles.